The maximum absolute atomic E-state index is 13.3. The summed E-state index contributed by atoms with van der Waals surface area (Å²) >= 11 is 0. The molecule has 0 bridgehead atoms. The predicted octanol–water partition coefficient (Wildman–Crippen LogP) is 2.74. The molecule has 1 aliphatic carbocycles. The number of sulfonamides is 1. The molecule has 0 spiro atoms. The summed E-state index contributed by atoms with van der Waals surface area (Å²) in [6.07, 6.45) is 12.9. The third-order valence-corrected chi connectivity index (χ3v) is 9.72. The Labute approximate surface area is 210 Å². The Kier molecular flexibility index (Phi) is 8.65. The minimum Gasteiger partial charge on any atom is -0.369 e. The first-order valence-electron chi connectivity index (χ1n) is 13.3. The number of hydrogen-bond acceptors (Lipinski definition) is 7. The Morgan fingerprint density at radius 3 is 2.31 bits per heavy atom. The number of nitrogens with zero attached hydrogens (tertiary/aromatic N) is 5. The van der Waals surface area contributed by atoms with Crippen LogP contribution in [0.2, 0.25) is 0 Å². The van der Waals surface area contributed by atoms with Gasteiger partial charge in [0.2, 0.25) is 10.0 Å². The lowest BCUT2D eigenvalue weighted by Gasteiger charge is -2.43. The molecule has 1 N–H and O–H groups in total. The van der Waals surface area contributed by atoms with Gasteiger partial charge in [0, 0.05) is 44.3 Å². The van der Waals surface area contributed by atoms with E-state index < -0.39 is 10.0 Å². The van der Waals surface area contributed by atoms with Gasteiger partial charge in [-0.3, -0.25) is 4.79 Å². The minimum absolute atomic E-state index is 0.00227. The van der Waals surface area contributed by atoms with Crippen LogP contribution in [0.15, 0.2) is 6.33 Å². The molecule has 196 valence electrons. The van der Waals surface area contributed by atoms with E-state index >= 15 is 0 Å². The summed E-state index contributed by atoms with van der Waals surface area (Å²) in [6, 6.07) is 0.535. The number of rotatable bonds is 7. The molecule has 1 aromatic heterocycles. The Bertz CT molecular complexity index is 965. The van der Waals surface area contributed by atoms with Crippen LogP contribution in [-0.2, 0) is 10.0 Å². The molecule has 3 heterocycles. The van der Waals surface area contributed by atoms with Crippen molar-refractivity contribution in [2.45, 2.75) is 76.8 Å². The van der Waals surface area contributed by atoms with E-state index in [-0.39, 0.29) is 11.9 Å². The quantitative estimate of drug-likeness (QED) is 0.607. The zero-order valence-corrected chi connectivity index (χ0v) is 22.4. The average Bonchev–Trinajstić information content (AvgIpc) is 2.87. The van der Waals surface area contributed by atoms with Crippen LogP contribution >= 0.6 is 0 Å². The van der Waals surface area contributed by atoms with Crippen LogP contribution in [0.25, 0.3) is 0 Å². The first-order valence-corrected chi connectivity index (χ1v) is 15.1. The predicted molar refractivity (Wildman–Crippen MR) is 138 cm³/mol. The van der Waals surface area contributed by atoms with Crippen molar-refractivity contribution in [1.29, 1.82) is 0 Å². The van der Waals surface area contributed by atoms with Gasteiger partial charge < -0.3 is 15.1 Å². The Balaban J connectivity index is 1.28. The van der Waals surface area contributed by atoms with E-state index in [1.807, 2.05) is 11.8 Å². The molecular weight excluding hydrogens is 464 g/mol. The van der Waals surface area contributed by atoms with Gasteiger partial charge in [-0.1, -0.05) is 19.3 Å². The number of carbonyl (C=O) groups is 1. The van der Waals surface area contributed by atoms with Crippen LogP contribution in [0.1, 0.15) is 73.8 Å². The average molecular weight is 507 g/mol. The highest BCUT2D eigenvalue weighted by Gasteiger charge is 2.33. The highest BCUT2D eigenvalue weighted by molar-refractivity contribution is 7.88. The number of likely N-dealkylation sites (tertiary alicyclic amines) is 2. The molecular formula is C25H42N6O3S. The topological polar surface area (TPSA) is 98.7 Å². The number of amides is 1. The van der Waals surface area contributed by atoms with Gasteiger partial charge in [-0.25, -0.2) is 22.7 Å². The third kappa shape index (κ3) is 6.51. The van der Waals surface area contributed by atoms with E-state index in [9.17, 15) is 13.2 Å². The lowest BCUT2D eigenvalue weighted by Crippen LogP contribution is -2.52. The zero-order valence-electron chi connectivity index (χ0n) is 21.6. The minimum atomic E-state index is -3.15. The van der Waals surface area contributed by atoms with Gasteiger partial charge in [0.15, 0.2) is 0 Å². The van der Waals surface area contributed by atoms with E-state index in [0.717, 1.165) is 69.8 Å². The van der Waals surface area contributed by atoms with Crippen molar-refractivity contribution in [3.05, 3.63) is 17.6 Å². The van der Waals surface area contributed by atoms with Crippen molar-refractivity contribution in [3.8, 4) is 0 Å². The summed E-state index contributed by atoms with van der Waals surface area (Å²) in [5.74, 6) is 1.47. The first kappa shape index (κ1) is 26.3. The molecule has 35 heavy (non-hydrogen) atoms. The van der Waals surface area contributed by atoms with Crippen molar-refractivity contribution in [2.24, 2.45) is 5.92 Å². The van der Waals surface area contributed by atoms with Gasteiger partial charge in [-0.2, -0.15) is 0 Å². The molecule has 2 aliphatic heterocycles. The van der Waals surface area contributed by atoms with E-state index in [2.05, 4.69) is 20.2 Å². The maximum atomic E-state index is 13.3. The summed E-state index contributed by atoms with van der Waals surface area (Å²) in [5, 5.41) is 3.48. The summed E-state index contributed by atoms with van der Waals surface area (Å²) < 4.78 is 25.2. The highest BCUT2D eigenvalue weighted by atomic mass is 32.2. The summed E-state index contributed by atoms with van der Waals surface area (Å²) in [5.41, 5.74) is 1.35. The fraction of sp³-hybridized carbons (Fsp3) is 0.800. The van der Waals surface area contributed by atoms with Crippen LogP contribution in [0.3, 0.4) is 0 Å². The van der Waals surface area contributed by atoms with Gasteiger partial charge in [-0.05, 0) is 64.5 Å². The number of anilines is 1. The number of hydrogen-bond donors (Lipinski definition) is 1. The van der Waals surface area contributed by atoms with Gasteiger partial charge in [0.05, 0.1) is 6.26 Å². The molecule has 9 nitrogen and oxygen atoms in total. The second kappa shape index (κ2) is 11.5. The van der Waals surface area contributed by atoms with Crippen molar-refractivity contribution in [3.63, 3.8) is 0 Å². The zero-order chi connectivity index (χ0) is 25.0. The monoisotopic (exact) mass is 506 g/mol. The molecule has 10 heteroatoms. The summed E-state index contributed by atoms with van der Waals surface area (Å²) in [4.78, 5) is 26.5. The molecule has 1 saturated carbocycles. The Morgan fingerprint density at radius 1 is 1.03 bits per heavy atom. The second-order valence-electron chi connectivity index (χ2n) is 10.7. The number of carbonyl (C=O) groups excluding carboxylic acids is 1. The number of nitrogens with one attached hydrogen (secondary N) is 1. The standard InChI is InChI=1S/C25H42N6O3S/c1-19-23(27-18-28-24(19)26-17-20-7-5-4-6-8-20)25(32)31-15-11-22(12-16-31)30-13-9-21(10-14-30)29(2)35(3,33)34/h18,20-22H,4-17H2,1-3H3,(H,26,27,28). The maximum Gasteiger partial charge on any atom is 0.272 e. The van der Waals surface area contributed by atoms with Crippen LogP contribution in [-0.4, -0.2) is 96.5 Å². The number of piperidine rings is 2. The Hall–Kier alpha value is -1.78. The lowest BCUT2D eigenvalue weighted by atomic mass is 9.89. The Morgan fingerprint density at radius 2 is 1.69 bits per heavy atom. The van der Waals surface area contributed by atoms with Crippen molar-refractivity contribution < 1.29 is 13.2 Å². The van der Waals surface area contributed by atoms with Gasteiger partial charge in [0.1, 0.15) is 17.8 Å². The lowest BCUT2D eigenvalue weighted by molar-refractivity contribution is 0.0542. The molecule has 0 unspecified atom stereocenters. The van der Waals surface area contributed by atoms with E-state index in [0.29, 0.717) is 17.7 Å². The van der Waals surface area contributed by atoms with E-state index in [1.54, 1.807) is 7.05 Å². The van der Waals surface area contributed by atoms with E-state index in [4.69, 9.17) is 0 Å². The molecule has 2 saturated heterocycles. The smallest absolute Gasteiger partial charge is 0.272 e. The molecule has 4 rings (SSSR count). The number of aromatic nitrogens is 2. The summed E-state index contributed by atoms with van der Waals surface area (Å²) in [6.45, 7) is 6.12. The van der Waals surface area contributed by atoms with Crippen molar-refractivity contribution in [2.75, 3.05) is 51.3 Å². The second-order valence-corrected chi connectivity index (χ2v) is 12.7. The molecule has 3 aliphatic rings. The molecule has 0 atom stereocenters. The van der Waals surface area contributed by atoms with Gasteiger partial charge in [-0.15, -0.1) is 0 Å². The van der Waals surface area contributed by atoms with E-state index in [1.165, 1.54) is 49.0 Å². The normalized spacial score (nSPS) is 22.0. The summed E-state index contributed by atoms with van der Waals surface area (Å²) in [7, 11) is -1.46. The molecule has 0 aromatic carbocycles. The van der Waals surface area contributed by atoms with Crippen molar-refractivity contribution in [1.82, 2.24) is 24.1 Å². The first-order chi connectivity index (χ1) is 16.7. The molecule has 1 aromatic rings. The third-order valence-electron chi connectivity index (χ3n) is 8.37. The van der Waals surface area contributed by atoms with Gasteiger partial charge >= 0.3 is 0 Å². The van der Waals surface area contributed by atoms with Gasteiger partial charge in [0.25, 0.3) is 5.91 Å². The van der Waals surface area contributed by atoms with Crippen LogP contribution < -0.4 is 5.32 Å². The largest absolute Gasteiger partial charge is 0.369 e. The fourth-order valence-electron chi connectivity index (χ4n) is 5.95. The fourth-order valence-corrected chi connectivity index (χ4v) is 6.70. The SMILES string of the molecule is Cc1c(NCC2CCCCC2)ncnc1C(=O)N1CCC(N2CCC(N(C)S(C)(=O)=O)CC2)CC1. The van der Waals surface area contributed by atoms with Crippen molar-refractivity contribution >= 4 is 21.7 Å². The highest BCUT2D eigenvalue weighted by Crippen LogP contribution is 2.26. The molecule has 3 fully saturated rings. The van der Waals surface area contributed by atoms with Crippen LogP contribution in [0.4, 0.5) is 5.82 Å². The molecule has 1 amide bonds. The van der Waals surface area contributed by atoms with Crippen LogP contribution in [0, 0.1) is 12.8 Å². The molecule has 0 radical (unpaired) electrons. The van der Waals surface area contributed by atoms with Crippen LogP contribution in [0.5, 0.6) is 0 Å².